The van der Waals surface area contributed by atoms with Crippen molar-refractivity contribution in [3.05, 3.63) is 28.8 Å². The number of benzene rings is 1. The molecule has 0 radical (unpaired) electrons. The number of carbonyl (C=O) groups is 2. The maximum Gasteiger partial charge on any atom is 0.326 e. The molecule has 0 aromatic heterocycles. The highest BCUT2D eigenvalue weighted by molar-refractivity contribution is 5.82. The Labute approximate surface area is 137 Å². The minimum Gasteiger partial charge on any atom is -0.480 e. The van der Waals surface area contributed by atoms with Crippen molar-refractivity contribution in [3.63, 3.8) is 0 Å². The minimum absolute atomic E-state index is 0.0228. The molecule has 0 aliphatic heterocycles. The van der Waals surface area contributed by atoms with Crippen LogP contribution in [-0.4, -0.2) is 29.9 Å². The van der Waals surface area contributed by atoms with Crippen LogP contribution in [0.25, 0.3) is 0 Å². The van der Waals surface area contributed by atoms with Crippen LogP contribution in [0.1, 0.15) is 37.0 Å². The number of aryl methyl sites for hydroxylation is 2. The van der Waals surface area contributed by atoms with Gasteiger partial charge >= 0.3 is 12.0 Å². The van der Waals surface area contributed by atoms with Crippen LogP contribution >= 0.6 is 0 Å². The molecule has 0 spiro atoms. The summed E-state index contributed by atoms with van der Waals surface area (Å²) in [6.07, 6.45) is 0.375. The SMILES string of the molecule is Cc1ccc(C)c(OCNC(=O)NC(CC(C)C)C(=O)O)c1C. The van der Waals surface area contributed by atoms with Crippen LogP contribution in [0.2, 0.25) is 0 Å². The molecule has 3 N–H and O–H groups in total. The van der Waals surface area contributed by atoms with Crippen LogP contribution in [0.15, 0.2) is 12.1 Å². The lowest BCUT2D eigenvalue weighted by Gasteiger charge is -2.18. The van der Waals surface area contributed by atoms with Gasteiger partial charge in [0.15, 0.2) is 6.73 Å². The first-order valence-corrected chi connectivity index (χ1v) is 7.69. The zero-order valence-corrected chi connectivity index (χ0v) is 14.4. The van der Waals surface area contributed by atoms with Crippen LogP contribution < -0.4 is 15.4 Å². The van der Waals surface area contributed by atoms with Gasteiger partial charge in [-0.15, -0.1) is 0 Å². The fraction of sp³-hybridized carbons (Fsp3) is 0.529. The summed E-state index contributed by atoms with van der Waals surface area (Å²) in [5.74, 6) is -0.132. The van der Waals surface area contributed by atoms with Crippen molar-refractivity contribution < 1.29 is 19.4 Å². The number of ether oxygens (including phenoxy) is 1. The van der Waals surface area contributed by atoms with Crippen LogP contribution in [0.4, 0.5) is 4.79 Å². The van der Waals surface area contributed by atoms with Gasteiger partial charge in [0.25, 0.3) is 0 Å². The highest BCUT2D eigenvalue weighted by atomic mass is 16.5. The second kappa shape index (κ2) is 8.41. The van der Waals surface area contributed by atoms with Crippen molar-refractivity contribution in [1.29, 1.82) is 0 Å². The standard InChI is InChI=1S/C17H26N2O4/c1-10(2)8-14(16(20)21)19-17(22)18-9-23-15-12(4)7-6-11(3)13(15)5/h6-7,10,14H,8-9H2,1-5H3,(H,20,21)(H2,18,19,22). The van der Waals surface area contributed by atoms with Gasteiger partial charge in [-0.3, -0.25) is 0 Å². The fourth-order valence-electron chi connectivity index (χ4n) is 2.22. The molecule has 0 aliphatic carbocycles. The molecule has 1 aromatic carbocycles. The van der Waals surface area contributed by atoms with E-state index in [4.69, 9.17) is 9.84 Å². The maximum atomic E-state index is 11.8. The van der Waals surface area contributed by atoms with Crippen LogP contribution in [0.5, 0.6) is 5.75 Å². The largest absolute Gasteiger partial charge is 0.480 e. The molecule has 1 rings (SSSR count). The maximum absolute atomic E-state index is 11.8. The summed E-state index contributed by atoms with van der Waals surface area (Å²) in [5.41, 5.74) is 3.12. The molecule has 0 saturated carbocycles. The Balaban J connectivity index is 2.54. The Bertz CT molecular complexity index is 570. The molecule has 1 atom stereocenters. The number of aliphatic carboxylic acids is 1. The lowest BCUT2D eigenvalue weighted by Crippen LogP contribution is -2.47. The lowest BCUT2D eigenvalue weighted by molar-refractivity contribution is -0.139. The third-order valence-electron chi connectivity index (χ3n) is 3.63. The van der Waals surface area contributed by atoms with Crippen molar-refractivity contribution in [2.75, 3.05) is 6.73 Å². The molecule has 23 heavy (non-hydrogen) atoms. The van der Waals surface area contributed by atoms with E-state index in [1.54, 1.807) is 0 Å². The summed E-state index contributed by atoms with van der Waals surface area (Å²) >= 11 is 0. The number of hydrogen-bond donors (Lipinski definition) is 3. The molecular formula is C17H26N2O4. The molecule has 128 valence electrons. The van der Waals surface area contributed by atoms with Crippen molar-refractivity contribution >= 4 is 12.0 Å². The van der Waals surface area contributed by atoms with E-state index in [0.29, 0.717) is 6.42 Å². The topological polar surface area (TPSA) is 87.7 Å². The first kappa shape index (κ1) is 18.8. The average Bonchev–Trinajstić information content (AvgIpc) is 2.45. The number of urea groups is 1. The Kier molecular flexibility index (Phi) is 6.88. The van der Waals surface area contributed by atoms with E-state index in [9.17, 15) is 9.59 Å². The van der Waals surface area contributed by atoms with Gasteiger partial charge in [0, 0.05) is 0 Å². The van der Waals surface area contributed by atoms with Gasteiger partial charge < -0.3 is 20.5 Å². The molecule has 0 saturated heterocycles. The molecule has 1 unspecified atom stereocenters. The second-order valence-electron chi connectivity index (χ2n) is 6.11. The Hall–Kier alpha value is -2.24. The Morgan fingerprint density at radius 1 is 1.17 bits per heavy atom. The minimum atomic E-state index is -1.04. The molecule has 1 aromatic rings. The monoisotopic (exact) mass is 322 g/mol. The predicted molar refractivity (Wildman–Crippen MR) is 88.7 cm³/mol. The molecule has 0 heterocycles. The van der Waals surface area contributed by atoms with Crippen molar-refractivity contribution in [2.24, 2.45) is 5.92 Å². The summed E-state index contributed by atoms with van der Waals surface area (Å²) < 4.78 is 5.62. The molecule has 6 nitrogen and oxygen atoms in total. The summed E-state index contributed by atoms with van der Waals surface area (Å²) in [5, 5.41) is 14.1. The number of nitrogens with one attached hydrogen (secondary N) is 2. The van der Waals surface area contributed by atoms with Crippen LogP contribution in [0.3, 0.4) is 0 Å². The summed E-state index contributed by atoms with van der Waals surface area (Å²) in [6.45, 7) is 9.67. The number of carbonyl (C=O) groups excluding carboxylic acids is 1. The number of amides is 2. The molecule has 6 heteroatoms. The van der Waals surface area contributed by atoms with Crippen LogP contribution in [-0.2, 0) is 4.79 Å². The van der Waals surface area contributed by atoms with E-state index in [1.807, 2.05) is 46.8 Å². The van der Waals surface area contributed by atoms with Crippen molar-refractivity contribution in [3.8, 4) is 5.75 Å². The first-order valence-electron chi connectivity index (χ1n) is 7.69. The normalized spacial score (nSPS) is 11.9. The summed E-state index contributed by atoms with van der Waals surface area (Å²) in [4.78, 5) is 22.9. The zero-order valence-electron chi connectivity index (χ0n) is 14.4. The van der Waals surface area contributed by atoms with E-state index in [-0.39, 0.29) is 12.6 Å². The second-order valence-corrected chi connectivity index (χ2v) is 6.11. The van der Waals surface area contributed by atoms with Gasteiger partial charge in [-0.25, -0.2) is 9.59 Å². The number of rotatable bonds is 7. The van der Waals surface area contributed by atoms with Gasteiger partial charge in [0.1, 0.15) is 11.8 Å². The number of carboxylic acids is 1. The van der Waals surface area contributed by atoms with Gasteiger partial charge in [-0.05, 0) is 49.8 Å². The molecule has 2 amide bonds. The van der Waals surface area contributed by atoms with Gasteiger partial charge in [-0.2, -0.15) is 0 Å². The highest BCUT2D eigenvalue weighted by Crippen LogP contribution is 2.25. The third kappa shape index (κ3) is 5.81. The summed E-state index contributed by atoms with van der Waals surface area (Å²) in [7, 11) is 0. The highest BCUT2D eigenvalue weighted by Gasteiger charge is 2.20. The zero-order chi connectivity index (χ0) is 17.6. The first-order chi connectivity index (χ1) is 10.7. The van der Waals surface area contributed by atoms with Gasteiger partial charge in [0.2, 0.25) is 0 Å². The molecule has 0 fully saturated rings. The van der Waals surface area contributed by atoms with E-state index in [0.717, 1.165) is 22.4 Å². The number of hydrogen-bond acceptors (Lipinski definition) is 3. The van der Waals surface area contributed by atoms with Gasteiger partial charge in [0.05, 0.1) is 0 Å². The molecular weight excluding hydrogens is 296 g/mol. The van der Waals surface area contributed by atoms with E-state index < -0.39 is 18.0 Å². The lowest BCUT2D eigenvalue weighted by atomic mass is 10.0. The third-order valence-corrected chi connectivity index (χ3v) is 3.63. The summed E-state index contributed by atoms with van der Waals surface area (Å²) in [6, 6.07) is 2.51. The van der Waals surface area contributed by atoms with Crippen molar-refractivity contribution in [1.82, 2.24) is 10.6 Å². The quantitative estimate of drug-likeness (QED) is 0.674. The van der Waals surface area contributed by atoms with E-state index in [1.165, 1.54) is 0 Å². The predicted octanol–water partition coefficient (Wildman–Crippen LogP) is 2.75. The Morgan fingerprint density at radius 2 is 1.78 bits per heavy atom. The van der Waals surface area contributed by atoms with Crippen molar-refractivity contribution in [2.45, 2.75) is 47.1 Å². The molecule has 0 bridgehead atoms. The molecule has 0 aliphatic rings. The van der Waals surface area contributed by atoms with Gasteiger partial charge in [-0.1, -0.05) is 26.0 Å². The van der Waals surface area contributed by atoms with Crippen LogP contribution in [0, 0.1) is 26.7 Å². The Morgan fingerprint density at radius 3 is 2.35 bits per heavy atom. The number of carboxylic acid groups (broad SMARTS) is 1. The fourth-order valence-corrected chi connectivity index (χ4v) is 2.22. The average molecular weight is 322 g/mol. The van der Waals surface area contributed by atoms with E-state index in [2.05, 4.69) is 10.6 Å². The van der Waals surface area contributed by atoms with E-state index >= 15 is 0 Å². The smallest absolute Gasteiger partial charge is 0.326 e.